The highest BCUT2D eigenvalue weighted by Crippen LogP contribution is 2.42. The molecule has 104 valence electrons. The number of hydrogen-bond donors (Lipinski definition) is 0. The van der Waals surface area contributed by atoms with Gasteiger partial charge in [0.2, 0.25) is 11.0 Å². The lowest BCUT2D eigenvalue weighted by Gasteiger charge is -2.31. The maximum Gasteiger partial charge on any atom is 0.225 e. The fourth-order valence-electron chi connectivity index (χ4n) is 2.53. The van der Waals surface area contributed by atoms with Crippen LogP contribution >= 0.6 is 11.3 Å². The summed E-state index contributed by atoms with van der Waals surface area (Å²) >= 11 is 1.73. The smallest absolute Gasteiger partial charge is 0.225 e. The Morgan fingerprint density at radius 3 is 2.47 bits per heavy atom. The zero-order valence-corrected chi connectivity index (χ0v) is 12.3. The number of carbonyl (C=O) groups is 1. The molecule has 0 atom stereocenters. The van der Waals surface area contributed by atoms with Gasteiger partial charge in [-0.25, -0.2) is 0 Å². The highest BCUT2D eigenvalue weighted by Gasteiger charge is 2.30. The van der Waals surface area contributed by atoms with E-state index in [2.05, 4.69) is 15.1 Å². The van der Waals surface area contributed by atoms with Crippen molar-refractivity contribution in [2.75, 3.05) is 32.1 Å². The lowest BCUT2D eigenvalue weighted by atomic mass is 9.96. The Hall–Kier alpha value is -1.17. The third-order valence-corrected chi connectivity index (χ3v) is 5.06. The highest BCUT2D eigenvalue weighted by atomic mass is 32.1. The molecule has 1 amide bonds. The summed E-state index contributed by atoms with van der Waals surface area (Å²) in [5.74, 6) is 1.12. The molecule has 0 unspecified atom stereocenters. The molecule has 0 bridgehead atoms. The summed E-state index contributed by atoms with van der Waals surface area (Å²) in [5, 5.41) is 10.8. The molecule has 0 spiro atoms. The largest absolute Gasteiger partial charge is 0.349 e. The standard InChI is InChI=1S/C13H20N4OS/c1-16(2)12(18)10-5-7-17(8-6-10)13-15-14-11(19-13)9-3-4-9/h9-10H,3-8H2,1-2H3. The van der Waals surface area contributed by atoms with E-state index in [0.717, 1.165) is 31.1 Å². The number of rotatable bonds is 3. The number of anilines is 1. The van der Waals surface area contributed by atoms with E-state index < -0.39 is 0 Å². The lowest BCUT2D eigenvalue weighted by Crippen LogP contribution is -2.40. The molecule has 2 heterocycles. The van der Waals surface area contributed by atoms with Crippen LogP contribution in [0.2, 0.25) is 0 Å². The van der Waals surface area contributed by atoms with Crippen LogP contribution in [0, 0.1) is 5.92 Å². The third kappa shape index (κ3) is 2.73. The average Bonchev–Trinajstić information content (AvgIpc) is 3.16. The number of nitrogens with zero attached hydrogens (tertiary/aromatic N) is 4. The van der Waals surface area contributed by atoms with Crippen LogP contribution in [0.4, 0.5) is 5.13 Å². The molecule has 1 aromatic rings. The van der Waals surface area contributed by atoms with Crippen molar-refractivity contribution in [2.45, 2.75) is 31.6 Å². The monoisotopic (exact) mass is 280 g/mol. The van der Waals surface area contributed by atoms with Crippen LogP contribution in [0.15, 0.2) is 0 Å². The van der Waals surface area contributed by atoms with Crippen LogP contribution in [-0.4, -0.2) is 48.2 Å². The molecule has 0 radical (unpaired) electrons. The minimum Gasteiger partial charge on any atom is -0.349 e. The van der Waals surface area contributed by atoms with Gasteiger partial charge in [-0.05, 0) is 25.7 Å². The van der Waals surface area contributed by atoms with E-state index in [1.807, 2.05) is 14.1 Å². The number of piperidine rings is 1. The molecule has 1 aliphatic carbocycles. The van der Waals surface area contributed by atoms with E-state index in [1.54, 1.807) is 16.2 Å². The summed E-state index contributed by atoms with van der Waals surface area (Å²) in [6.45, 7) is 1.84. The molecule has 2 aliphatic rings. The van der Waals surface area contributed by atoms with Gasteiger partial charge < -0.3 is 9.80 Å². The first-order valence-electron chi connectivity index (χ1n) is 6.94. The summed E-state index contributed by atoms with van der Waals surface area (Å²) in [7, 11) is 3.67. The first kappa shape index (κ1) is 12.8. The van der Waals surface area contributed by atoms with E-state index in [4.69, 9.17) is 0 Å². The Balaban J connectivity index is 1.58. The third-order valence-electron chi connectivity index (χ3n) is 3.91. The maximum absolute atomic E-state index is 11.9. The molecular weight excluding hydrogens is 260 g/mol. The Morgan fingerprint density at radius 2 is 1.89 bits per heavy atom. The van der Waals surface area contributed by atoms with Crippen molar-refractivity contribution < 1.29 is 4.79 Å². The predicted octanol–water partition coefficient (Wildman–Crippen LogP) is 1.72. The second-order valence-electron chi connectivity index (χ2n) is 5.69. The van der Waals surface area contributed by atoms with Crippen LogP contribution in [0.3, 0.4) is 0 Å². The summed E-state index contributed by atoms with van der Waals surface area (Å²) in [4.78, 5) is 15.9. The normalized spacial score (nSPS) is 20.6. The second kappa shape index (κ2) is 5.07. The fourth-order valence-corrected chi connectivity index (χ4v) is 3.60. The SMILES string of the molecule is CN(C)C(=O)C1CCN(c2nnc(C3CC3)s2)CC1. The van der Waals surface area contributed by atoms with Gasteiger partial charge in [0.15, 0.2) is 0 Å². The van der Waals surface area contributed by atoms with Crippen molar-refractivity contribution in [3.63, 3.8) is 0 Å². The van der Waals surface area contributed by atoms with Crippen LogP contribution < -0.4 is 4.90 Å². The molecule has 1 saturated heterocycles. The minimum atomic E-state index is 0.182. The minimum absolute atomic E-state index is 0.182. The van der Waals surface area contributed by atoms with E-state index in [-0.39, 0.29) is 11.8 Å². The zero-order valence-electron chi connectivity index (χ0n) is 11.5. The molecule has 1 aliphatic heterocycles. The average molecular weight is 280 g/mol. The Bertz CT molecular complexity index is 461. The van der Waals surface area contributed by atoms with Crippen LogP contribution in [0.1, 0.15) is 36.6 Å². The van der Waals surface area contributed by atoms with Gasteiger partial charge in [0.25, 0.3) is 0 Å². The predicted molar refractivity (Wildman–Crippen MR) is 75.5 cm³/mol. The maximum atomic E-state index is 11.9. The Labute approximate surface area is 117 Å². The summed E-state index contributed by atoms with van der Waals surface area (Å²) in [5.41, 5.74) is 0. The second-order valence-corrected chi connectivity index (χ2v) is 6.68. The van der Waals surface area contributed by atoms with E-state index in [0.29, 0.717) is 5.92 Å². The first-order chi connectivity index (χ1) is 9.15. The van der Waals surface area contributed by atoms with Gasteiger partial charge in [-0.15, -0.1) is 10.2 Å². The van der Waals surface area contributed by atoms with Crippen molar-refractivity contribution in [3.8, 4) is 0 Å². The van der Waals surface area contributed by atoms with E-state index in [1.165, 1.54) is 17.8 Å². The van der Waals surface area contributed by atoms with E-state index >= 15 is 0 Å². The van der Waals surface area contributed by atoms with Gasteiger partial charge in [-0.3, -0.25) is 4.79 Å². The van der Waals surface area contributed by atoms with Crippen molar-refractivity contribution in [3.05, 3.63) is 5.01 Å². The fraction of sp³-hybridized carbons (Fsp3) is 0.769. The lowest BCUT2D eigenvalue weighted by molar-refractivity contribution is -0.133. The molecule has 0 aromatic carbocycles. The molecule has 6 heteroatoms. The zero-order chi connectivity index (χ0) is 13.4. The first-order valence-corrected chi connectivity index (χ1v) is 7.76. The molecule has 3 rings (SSSR count). The summed E-state index contributed by atoms with van der Waals surface area (Å²) < 4.78 is 0. The van der Waals surface area contributed by atoms with Crippen molar-refractivity contribution >= 4 is 22.4 Å². The van der Waals surface area contributed by atoms with Gasteiger partial charge in [-0.1, -0.05) is 11.3 Å². The number of hydrogen-bond acceptors (Lipinski definition) is 5. The van der Waals surface area contributed by atoms with Gasteiger partial charge in [0.05, 0.1) is 0 Å². The molecule has 2 fully saturated rings. The molecular formula is C13H20N4OS. The van der Waals surface area contributed by atoms with Crippen molar-refractivity contribution in [1.82, 2.24) is 15.1 Å². The van der Waals surface area contributed by atoms with Crippen LogP contribution in [0.25, 0.3) is 0 Å². The molecule has 5 nitrogen and oxygen atoms in total. The van der Waals surface area contributed by atoms with E-state index in [9.17, 15) is 4.79 Å². The highest BCUT2D eigenvalue weighted by molar-refractivity contribution is 7.15. The molecule has 19 heavy (non-hydrogen) atoms. The Morgan fingerprint density at radius 1 is 1.21 bits per heavy atom. The summed E-state index contributed by atoms with van der Waals surface area (Å²) in [6, 6.07) is 0. The van der Waals surface area contributed by atoms with Gasteiger partial charge in [0, 0.05) is 39.0 Å². The summed E-state index contributed by atoms with van der Waals surface area (Å²) in [6.07, 6.45) is 4.40. The van der Waals surface area contributed by atoms with Crippen molar-refractivity contribution in [2.24, 2.45) is 5.92 Å². The molecule has 1 aromatic heterocycles. The quantitative estimate of drug-likeness (QED) is 0.846. The molecule has 1 saturated carbocycles. The molecule has 0 N–H and O–H groups in total. The topological polar surface area (TPSA) is 49.3 Å². The van der Waals surface area contributed by atoms with Gasteiger partial charge in [0.1, 0.15) is 5.01 Å². The number of amides is 1. The van der Waals surface area contributed by atoms with Crippen molar-refractivity contribution in [1.29, 1.82) is 0 Å². The Kier molecular flexibility index (Phi) is 3.43. The van der Waals surface area contributed by atoms with Gasteiger partial charge in [-0.2, -0.15) is 0 Å². The van der Waals surface area contributed by atoms with Gasteiger partial charge >= 0.3 is 0 Å². The van der Waals surface area contributed by atoms with Crippen LogP contribution in [-0.2, 0) is 4.79 Å². The van der Waals surface area contributed by atoms with Crippen LogP contribution in [0.5, 0.6) is 0 Å². The number of aromatic nitrogens is 2. The number of carbonyl (C=O) groups excluding carboxylic acids is 1.